The van der Waals surface area contributed by atoms with Crippen molar-refractivity contribution in [3.05, 3.63) is 16.0 Å². The van der Waals surface area contributed by atoms with E-state index in [0.717, 1.165) is 41.4 Å². The fourth-order valence-electron chi connectivity index (χ4n) is 3.30. The molecule has 134 valence electrons. The highest BCUT2D eigenvalue weighted by molar-refractivity contribution is 7.17. The molecule has 0 radical (unpaired) electrons. The maximum absolute atomic E-state index is 12.3. The summed E-state index contributed by atoms with van der Waals surface area (Å²) in [6.07, 6.45) is 1.02. The van der Waals surface area contributed by atoms with Gasteiger partial charge in [-0.25, -0.2) is 0 Å². The number of likely N-dealkylation sites (N-methyl/N-ethyl adjacent to an activating group) is 1. The summed E-state index contributed by atoms with van der Waals surface area (Å²) in [6.45, 7) is 4.49. The summed E-state index contributed by atoms with van der Waals surface area (Å²) in [6, 6.07) is 0. The molecule has 2 aliphatic rings. The first-order valence-electron chi connectivity index (χ1n) is 8.31. The number of carbonyl (C=O) groups excluding carboxylic acids is 4. The topological polar surface area (TPSA) is 114 Å². The molecular formula is C16H21N4O4S+. The normalized spacial score (nSPS) is 19.9. The number of amides is 4. The number of likely N-dealkylation sites (tertiary alicyclic amines) is 1. The van der Waals surface area contributed by atoms with Crippen LogP contribution in [0.4, 0.5) is 5.00 Å². The largest absolute Gasteiger partial charge is 0.365 e. The second-order valence-electron chi connectivity index (χ2n) is 6.27. The average molecular weight is 365 g/mol. The number of nitrogens with zero attached hydrogens (tertiary/aromatic N) is 1. The number of quaternary nitrogens is 1. The van der Waals surface area contributed by atoms with E-state index in [0.29, 0.717) is 10.6 Å². The summed E-state index contributed by atoms with van der Waals surface area (Å²) < 4.78 is 0. The van der Waals surface area contributed by atoms with E-state index >= 15 is 0 Å². The Kier molecular flexibility index (Phi) is 4.87. The van der Waals surface area contributed by atoms with Gasteiger partial charge in [0.1, 0.15) is 18.1 Å². The molecule has 3 rings (SSSR count). The highest BCUT2D eigenvalue weighted by atomic mass is 32.1. The molecule has 0 bridgehead atoms. The van der Waals surface area contributed by atoms with Crippen molar-refractivity contribution >= 4 is 40.0 Å². The van der Waals surface area contributed by atoms with Crippen molar-refractivity contribution in [2.75, 3.05) is 25.0 Å². The van der Waals surface area contributed by atoms with Gasteiger partial charge in [-0.1, -0.05) is 0 Å². The van der Waals surface area contributed by atoms with Crippen LogP contribution in [0.15, 0.2) is 0 Å². The van der Waals surface area contributed by atoms with Crippen molar-refractivity contribution in [3.63, 3.8) is 0 Å². The van der Waals surface area contributed by atoms with Crippen molar-refractivity contribution in [3.8, 4) is 0 Å². The number of hydrogen-bond acceptors (Lipinski definition) is 5. The van der Waals surface area contributed by atoms with Crippen molar-refractivity contribution in [1.29, 1.82) is 0 Å². The SMILES string of the molecule is CC[NH+]1CCc2c(sc(NC(=O)CN3C(=O)CCC3=O)c2C(N)=O)C1. The molecule has 1 saturated heterocycles. The van der Waals surface area contributed by atoms with Gasteiger partial charge in [-0.3, -0.25) is 24.1 Å². The molecule has 8 nitrogen and oxygen atoms in total. The Morgan fingerprint density at radius 3 is 2.52 bits per heavy atom. The highest BCUT2D eigenvalue weighted by Gasteiger charge is 2.32. The molecule has 2 aliphatic heterocycles. The van der Waals surface area contributed by atoms with E-state index in [2.05, 4.69) is 12.2 Å². The first kappa shape index (κ1) is 17.6. The third kappa shape index (κ3) is 3.42. The van der Waals surface area contributed by atoms with Crippen LogP contribution in [-0.2, 0) is 27.3 Å². The highest BCUT2D eigenvalue weighted by Crippen LogP contribution is 2.34. The quantitative estimate of drug-likeness (QED) is 0.575. The molecule has 25 heavy (non-hydrogen) atoms. The van der Waals surface area contributed by atoms with Gasteiger partial charge in [0.2, 0.25) is 17.7 Å². The summed E-state index contributed by atoms with van der Waals surface area (Å²) in [5.74, 6) is -1.75. The molecule has 0 saturated carbocycles. The number of hydrogen-bond donors (Lipinski definition) is 3. The second kappa shape index (κ2) is 6.93. The number of primary amides is 1. The Morgan fingerprint density at radius 2 is 1.92 bits per heavy atom. The molecule has 3 heterocycles. The van der Waals surface area contributed by atoms with Gasteiger partial charge in [0.05, 0.1) is 23.5 Å². The van der Waals surface area contributed by atoms with Crippen molar-refractivity contribution in [1.82, 2.24) is 4.90 Å². The van der Waals surface area contributed by atoms with Gasteiger partial charge in [-0.05, 0) is 12.5 Å². The molecule has 1 unspecified atom stereocenters. The van der Waals surface area contributed by atoms with Gasteiger partial charge in [-0.15, -0.1) is 11.3 Å². The summed E-state index contributed by atoms with van der Waals surface area (Å²) in [5.41, 5.74) is 6.80. The molecule has 0 spiro atoms. The van der Waals surface area contributed by atoms with Crippen molar-refractivity contribution in [2.45, 2.75) is 32.7 Å². The van der Waals surface area contributed by atoms with Gasteiger partial charge in [0.25, 0.3) is 5.91 Å². The first-order valence-corrected chi connectivity index (χ1v) is 9.13. The van der Waals surface area contributed by atoms with E-state index in [1.54, 1.807) is 0 Å². The van der Waals surface area contributed by atoms with Gasteiger partial charge >= 0.3 is 0 Å². The Balaban J connectivity index is 1.79. The minimum absolute atomic E-state index is 0.140. The van der Waals surface area contributed by atoms with E-state index in [9.17, 15) is 19.2 Å². The molecule has 9 heteroatoms. The number of rotatable bonds is 5. The predicted molar refractivity (Wildman–Crippen MR) is 91.2 cm³/mol. The van der Waals surface area contributed by atoms with Gasteiger partial charge in [0.15, 0.2) is 0 Å². The summed E-state index contributed by atoms with van der Waals surface area (Å²) >= 11 is 1.36. The Hall–Kier alpha value is -2.26. The van der Waals surface area contributed by atoms with Gasteiger partial charge in [-0.2, -0.15) is 0 Å². The fraction of sp³-hybridized carbons (Fsp3) is 0.500. The Bertz CT molecular complexity index is 742. The molecule has 1 aromatic rings. The lowest BCUT2D eigenvalue weighted by atomic mass is 10.0. The van der Waals surface area contributed by atoms with E-state index in [1.165, 1.54) is 16.2 Å². The smallest absolute Gasteiger partial charge is 0.252 e. The number of carbonyl (C=O) groups is 4. The maximum Gasteiger partial charge on any atom is 0.252 e. The molecular weight excluding hydrogens is 344 g/mol. The molecule has 4 N–H and O–H groups in total. The van der Waals surface area contributed by atoms with Crippen LogP contribution in [0, 0.1) is 0 Å². The van der Waals surface area contributed by atoms with Crippen molar-refractivity contribution in [2.24, 2.45) is 5.73 Å². The van der Waals surface area contributed by atoms with Gasteiger partial charge in [0, 0.05) is 19.3 Å². The molecule has 1 atom stereocenters. The van der Waals surface area contributed by atoms with Crippen LogP contribution in [0.5, 0.6) is 0 Å². The third-order valence-corrected chi connectivity index (χ3v) is 5.83. The van der Waals surface area contributed by atoms with Crippen molar-refractivity contribution < 1.29 is 24.1 Å². The summed E-state index contributed by atoms with van der Waals surface area (Å²) in [4.78, 5) is 50.8. The zero-order chi connectivity index (χ0) is 18.1. The number of fused-ring (bicyclic) bond motifs is 1. The third-order valence-electron chi connectivity index (χ3n) is 4.69. The monoisotopic (exact) mass is 365 g/mol. The standard InChI is InChI=1S/C16H20N4O4S/c1-2-19-6-5-9-10(7-19)25-16(14(9)15(17)24)18-11(21)8-20-12(22)3-4-13(20)23/h2-8H2,1H3,(H2,17,24)(H,18,21)/p+1. The van der Waals surface area contributed by atoms with E-state index in [-0.39, 0.29) is 31.2 Å². The van der Waals surface area contributed by atoms with Crippen LogP contribution in [0.3, 0.4) is 0 Å². The van der Waals surface area contributed by atoms with Crippen LogP contribution < -0.4 is 16.0 Å². The van der Waals surface area contributed by atoms with Crippen LogP contribution in [0.25, 0.3) is 0 Å². The first-order chi connectivity index (χ1) is 11.9. The zero-order valence-corrected chi connectivity index (χ0v) is 14.8. The van der Waals surface area contributed by atoms with Crippen LogP contribution in [0.2, 0.25) is 0 Å². The van der Waals surface area contributed by atoms with E-state index < -0.39 is 11.8 Å². The lowest BCUT2D eigenvalue weighted by Crippen LogP contribution is -3.11. The number of nitrogens with two attached hydrogens (primary N) is 1. The predicted octanol–water partition coefficient (Wildman–Crippen LogP) is -1.10. The summed E-state index contributed by atoms with van der Waals surface area (Å²) in [7, 11) is 0. The molecule has 0 aromatic carbocycles. The van der Waals surface area contributed by atoms with Crippen LogP contribution in [0.1, 0.15) is 40.6 Å². The lowest BCUT2D eigenvalue weighted by molar-refractivity contribution is -0.913. The minimum Gasteiger partial charge on any atom is -0.365 e. The number of imide groups is 1. The molecule has 1 fully saturated rings. The minimum atomic E-state index is -0.568. The van der Waals surface area contributed by atoms with Gasteiger partial charge < -0.3 is 16.0 Å². The number of thiophene rings is 1. The zero-order valence-electron chi connectivity index (χ0n) is 14.0. The lowest BCUT2D eigenvalue weighted by Gasteiger charge is -2.22. The maximum atomic E-state index is 12.3. The number of nitrogens with one attached hydrogen (secondary N) is 2. The second-order valence-corrected chi connectivity index (χ2v) is 7.38. The molecule has 4 amide bonds. The van der Waals surface area contributed by atoms with Crippen LogP contribution in [-0.4, -0.2) is 48.2 Å². The number of anilines is 1. The van der Waals surface area contributed by atoms with Crippen LogP contribution >= 0.6 is 11.3 Å². The average Bonchev–Trinajstić information content (AvgIpc) is 3.08. The van der Waals surface area contributed by atoms with E-state index in [1.807, 2.05) is 0 Å². The Morgan fingerprint density at radius 1 is 1.24 bits per heavy atom. The molecule has 0 aliphatic carbocycles. The fourth-order valence-corrected chi connectivity index (χ4v) is 4.64. The summed E-state index contributed by atoms with van der Waals surface area (Å²) in [5, 5.41) is 3.09. The molecule has 1 aromatic heterocycles. The Labute approximate surface area is 148 Å². The van der Waals surface area contributed by atoms with E-state index in [4.69, 9.17) is 5.73 Å².